The molecule has 0 radical (unpaired) electrons. The number of hydrogen-bond acceptors (Lipinski definition) is 7. The summed E-state index contributed by atoms with van der Waals surface area (Å²) in [5.41, 5.74) is 1.55. The molecule has 8 nitrogen and oxygen atoms in total. The second-order valence-electron chi connectivity index (χ2n) is 10.4. The van der Waals surface area contributed by atoms with Crippen molar-refractivity contribution in [2.45, 2.75) is 43.8 Å². The summed E-state index contributed by atoms with van der Waals surface area (Å²) >= 11 is 0. The zero-order valence-corrected chi connectivity index (χ0v) is 20.7. The topological polar surface area (TPSA) is 114 Å². The highest BCUT2D eigenvalue weighted by molar-refractivity contribution is 5.95. The number of ether oxygens (including phenoxy) is 3. The van der Waals surface area contributed by atoms with Crippen molar-refractivity contribution < 1.29 is 29.2 Å². The van der Waals surface area contributed by atoms with E-state index in [0.29, 0.717) is 59.7 Å². The first-order valence-electron chi connectivity index (χ1n) is 12.6. The zero-order chi connectivity index (χ0) is 26.2. The van der Waals surface area contributed by atoms with Crippen LogP contribution in [0.5, 0.6) is 23.3 Å². The predicted octanol–water partition coefficient (Wildman–Crippen LogP) is 5.08. The number of fused-ring (bicyclic) bond motifs is 7. The molecule has 8 heteroatoms. The normalized spacial score (nSPS) is 22.8. The number of rotatable bonds is 5. The first-order valence-corrected chi connectivity index (χ1v) is 12.6. The van der Waals surface area contributed by atoms with E-state index in [1.165, 1.54) is 4.57 Å². The molecule has 0 aliphatic carbocycles. The monoisotopic (exact) mass is 508 g/mol. The van der Waals surface area contributed by atoms with Crippen molar-refractivity contribution in [2.24, 2.45) is 0 Å². The first kappa shape index (κ1) is 22.7. The maximum Gasteiger partial charge on any atom is 0.315 e. The summed E-state index contributed by atoms with van der Waals surface area (Å²) in [6, 6.07) is 18.4. The van der Waals surface area contributed by atoms with Crippen molar-refractivity contribution in [1.82, 2.24) is 4.57 Å². The van der Waals surface area contributed by atoms with E-state index in [-0.39, 0.29) is 24.2 Å². The molecule has 3 aliphatic heterocycles. The van der Waals surface area contributed by atoms with Gasteiger partial charge in [0.2, 0.25) is 11.8 Å². The minimum absolute atomic E-state index is 0.0550. The van der Waals surface area contributed by atoms with Crippen LogP contribution >= 0.6 is 0 Å². The van der Waals surface area contributed by atoms with E-state index in [4.69, 9.17) is 14.2 Å². The summed E-state index contributed by atoms with van der Waals surface area (Å²) in [7, 11) is 0. The Kier molecular flexibility index (Phi) is 4.64. The van der Waals surface area contributed by atoms with E-state index in [1.807, 2.05) is 37.3 Å². The zero-order valence-electron chi connectivity index (χ0n) is 20.7. The Bertz CT molecular complexity index is 1720. The second kappa shape index (κ2) is 7.76. The van der Waals surface area contributed by atoms with Crippen LogP contribution in [0.4, 0.5) is 0 Å². The van der Waals surface area contributed by atoms with Gasteiger partial charge in [-0.1, -0.05) is 24.3 Å². The lowest BCUT2D eigenvalue weighted by Gasteiger charge is -2.26. The number of benzene rings is 3. The van der Waals surface area contributed by atoms with E-state index in [9.17, 15) is 20.3 Å². The van der Waals surface area contributed by atoms with Gasteiger partial charge >= 0.3 is 5.97 Å². The van der Waals surface area contributed by atoms with Crippen molar-refractivity contribution in [3.8, 4) is 35.0 Å². The lowest BCUT2D eigenvalue weighted by Crippen LogP contribution is -2.25. The van der Waals surface area contributed by atoms with Crippen molar-refractivity contribution in [1.29, 1.82) is 5.26 Å². The molecule has 0 unspecified atom stereocenters. The number of aromatic hydroxyl groups is 2. The van der Waals surface area contributed by atoms with Gasteiger partial charge in [-0.2, -0.15) is 5.26 Å². The molecule has 7 rings (SSSR count). The van der Waals surface area contributed by atoms with Gasteiger partial charge in [-0.3, -0.25) is 9.36 Å². The second-order valence-corrected chi connectivity index (χ2v) is 10.4. The lowest BCUT2D eigenvalue weighted by atomic mass is 9.78. The predicted molar refractivity (Wildman–Crippen MR) is 137 cm³/mol. The van der Waals surface area contributed by atoms with Gasteiger partial charge in [-0.15, -0.1) is 0 Å². The van der Waals surface area contributed by atoms with Crippen LogP contribution in [-0.4, -0.2) is 27.4 Å². The van der Waals surface area contributed by atoms with Crippen LogP contribution < -0.4 is 9.47 Å². The molecule has 2 bridgehead atoms. The third-order valence-electron chi connectivity index (χ3n) is 8.16. The van der Waals surface area contributed by atoms with Gasteiger partial charge in [0.1, 0.15) is 17.1 Å². The summed E-state index contributed by atoms with van der Waals surface area (Å²) in [5.74, 6) is 0.798. The van der Waals surface area contributed by atoms with Gasteiger partial charge in [0.25, 0.3) is 0 Å². The third kappa shape index (κ3) is 3.02. The Labute approximate surface area is 218 Å². The van der Waals surface area contributed by atoms with E-state index < -0.39 is 11.2 Å². The SMILES string of the molecule is C[C@]12CC[C@](CCOc3ccc4c(c3)CC(=O)O4)(O1)c1c2c(O)n(-c2ccc(C#N)c3ccccc23)c1O. The maximum atomic E-state index is 11.6. The largest absolute Gasteiger partial charge is 0.494 e. The summed E-state index contributed by atoms with van der Waals surface area (Å²) < 4.78 is 19.2. The molecule has 1 aromatic heterocycles. The number of esters is 1. The van der Waals surface area contributed by atoms with Gasteiger partial charge in [-0.25, -0.2) is 0 Å². The molecular weight excluding hydrogens is 484 g/mol. The van der Waals surface area contributed by atoms with Crippen LogP contribution in [0.3, 0.4) is 0 Å². The van der Waals surface area contributed by atoms with E-state index in [2.05, 4.69) is 6.07 Å². The smallest absolute Gasteiger partial charge is 0.315 e. The fourth-order valence-corrected chi connectivity index (χ4v) is 6.44. The number of carbonyl (C=O) groups is 1. The lowest BCUT2D eigenvalue weighted by molar-refractivity contribution is -0.131. The van der Waals surface area contributed by atoms with Crippen LogP contribution in [0.15, 0.2) is 54.6 Å². The highest BCUT2D eigenvalue weighted by atomic mass is 16.5. The molecule has 0 spiro atoms. The fourth-order valence-electron chi connectivity index (χ4n) is 6.44. The number of nitrogens with zero attached hydrogens (tertiary/aromatic N) is 2. The van der Waals surface area contributed by atoms with Crippen LogP contribution in [0.2, 0.25) is 0 Å². The molecule has 4 heterocycles. The quantitative estimate of drug-likeness (QED) is 0.285. The van der Waals surface area contributed by atoms with Gasteiger partial charge in [0.15, 0.2) is 0 Å². The Hall–Kier alpha value is -4.48. The van der Waals surface area contributed by atoms with Gasteiger partial charge in [0.05, 0.1) is 47.1 Å². The highest BCUT2D eigenvalue weighted by Gasteiger charge is 2.61. The molecule has 3 aliphatic rings. The Morgan fingerprint density at radius 2 is 1.84 bits per heavy atom. The van der Waals surface area contributed by atoms with Crippen LogP contribution in [0, 0.1) is 11.3 Å². The Balaban J connectivity index is 1.25. The van der Waals surface area contributed by atoms with Crippen molar-refractivity contribution in [3.63, 3.8) is 0 Å². The summed E-state index contributed by atoms with van der Waals surface area (Å²) in [6.07, 6.45) is 2.07. The molecule has 3 aromatic carbocycles. The molecular formula is C30H24N2O6. The number of hydrogen-bond donors (Lipinski definition) is 2. The maximum absolute atomic E-state index is 11.6. The summed E-state index contributed by atoms with van der Waals surface area (Å²) in [6.45, 7) is 2.26. The van der Waals surface area contributed by atoms with Crippen molar-refractivity contribution in [2.75, 3.05) is 6.61 Å². The molecule has 4 aromatic rings. The minimum Gasteiger partial charge on any atom is -0.494 e. The van der Waals surface area contributed by atoms with Gasteiger partial charge in [-0.05, 0) is 50.1 Å². The molecule has 38 heavy (non-hydrogen) atoms. The van der Waals surface area contributed by atoms with Gasteiger partial charge in [0, 0.05) is 22.8 Å². The Morgan fingerprint density at radius 1 is 1.05 bits per heavy atom. The van der Waals surface area contributed by atoms with Crippen LogP contribution in [0.1, 0.15) is 48.4 Å². The number of aromatic nitrogens is 1. The van der Waals surface area contributed by atoms with E-state index in [0.717, 1.165) is 16.3 Å². The van der Waals surface area contributed by atoms with Gasteiger partial charge < -0.3 is 24.4 Å². The molecule has 2 atom stereocenters. The highest BCUT2D eigenvalue weighted by Crippen LogP contribution is 2.65. The third-order valence-corrected chi connectivity index (χ3v) is 8.16. The summed E-state index contributed by atoms with van der Waals surface area (Å²) in [5, 5.41) is 34.1. The molecule has 2 N–H and O–H groups in total. The molecule has 0 amide bonds. The number of carbonyl (C=O) groups excluding carboxylic acids is 1. The minimum atomic E-state index is -0.810. The number of nitriles is 1. The molecule has 190 valence electrons. The Morgan fingerprint density at radius 3 is 2.66 bits per heavy atom. The van der Waals surface area contributed by atoms with Crippen molar-refractivity contribution >= 4 is 16.7 Å². The molecule has 1 fully saturated rings. The van der Waals surface area contributed by atoms with E-state index in [1.54, 1.807) is 24.3 Å². The average Bonchev–Trinajstić information content (AvgIpc) is 3.60. The van der Waals surface area contributed by atoms with Crippen LogP contribution in [-0.2, 0) is 27.2 Å². The standard InChI is InChI=1S/C30H24N2O6/c1-29-10-11-30(38-29,12-13-36-19-7-9-23-18(14-19)15-24(33)37-23)26-25(29)27(34)32(28(26)35)22-8-6-17(16-31)20-4-2-3-5-21(20)22/h2-9,14,34-35H,10-13,15H2,1H3/t29-,30-/m1/s1. The molecule has 0 saturated carbocycles. The summed E-state index contributed by atoms with van der Waals surface area (Å²) in [4.78, 5) is 11.6. The fraction of sp³-hybridized carbons (Fsp3) is 0.267. The van der Waals surface area contributed by atoms with Crippen LogP contribution in [0.25, 0.3) is 16.5 Å². The average molecular weight is 509 g/mol. The molecule has 1 saturated heterocycles. The van der Waals surface area contributed by atoms with E-state index >= 15 is 0 Å². The van der Waals surface area contributed by atoms with Crippen molar-refractivity contribution in [3.05, 3.63) is 76.9 Å². The first-order chi connectivity index (χ1) is 18.3.